The lowest BCUT2D eigenvalue weighted by Gasteiger charge is -2.31. The molecule has 2 aromatic carbocycles. The van der Waals surface area contributed by atoms with Crippen LogP contribution in [0.25, 0.3) is 28.0 Å². The molecule has 3 atom stereocenters. The minimum atomic E-state index is -5.12. The third-order valence-corrected chi connectivity index (χ3v) is 8.30. The number of nitrogens with two attached hydrogens (primary N) is 1. The molecule has 1 saturated heterocycles. The highest BCUT2D eigenvalue weighted by molar-refractivity contribution is 5.83. The van der Waals surface area contributed by atoms with Crippen LogP contribution in [-0.4, -0.2) is 52.0 Å². The van der Waals surface area contributed by atoms with E-state index in [2.05, 4.69) is 25.3 Å². The number of benzene rings is 2. The van der Waals surface area contributed by atoms with Crippen LogP contribution < -0.4 is 26.8 Å². The molecular formula is C33H38F5N7O2. The van der Waals surface area contributed by atoms with Crippen LogP contribution in [0.15, 0.2) is 53.5 Å². The van der Waals surface area contributed by atoms with Gasteiger partial charge in [0.25, 0.3) is 0 Å². The van der Waals surface area contributed by atoms with E-state index >= 15 is 4.39 Å². The molecule has 14 heteroatoms. The Kier molecular flexibility index (Phi) is 10.6. The molecular weight excluding hydrogens is 621 g/mol. The summed E-state index contributed by atoms with van der Waals surface area (Å²) < 4.78 is 72.8. The molecule has 4 aromatic rings. The second-order valence-corrected chi connectivity index (χ2v) is 12.0. The van der Waals surface area contributed by atoms with Gasteiger partial charge < -0.3 is 26.1 Å². The van der Waals surface area contributed by atoms with Crippen molar-refractivity contribution in [3.8, 4) is 22.7 Å². The first-order valence-electron chi connectivity index (χ1n) is 15.6. The van der Waals surface area contributed by atoms with Gasteiger partial charge in [0.15, 0.2) is 11.6 Å². The molecule has 1 aliphatic rings. The second kappa shape index (κ2) is 14.6. The Labute approximate surface area is 268 Å². The van der Waals surface area contributed by atoms with Crippen molar-refractivity contribution in [3.63, 3.8) is 0 Å². The van der Waals surface area contributed by atoms with Gasteiger partial charge in [0.1, 0.15) is 12.3 Å². The molecule has 1 aliphatic heterocycles. The maximum atomic E-state index is 15.4. The molecule has 0 amide bonds. The van der Waals surface area contributed by atoms with Crippen molar-refractivity contribution in [1.82, 2.24) is 25.2 Å². The number of ether oxygens (including phenoxy) is 1. The van der Waals surface area contributed by atoms with Crippen LogP contribution >= 0.6 is 0 Å². The van der Waals surface area contributed by atoms with Gasteiger partial charge in [-0.15, -0.1) is 13.2 Å². The summed E-state index contributed by atoms with van der Waals surface area (Å²) in [5, 5.41) is 14.7. The van der Waals surface area contributed by atoms with Crippen molar-refractivity contribution >= 4 is 16.9 Å². The van der Waals surface area contributed by atoms with Crippen molar-refractivity contribution < 1.29 is 26.7 Å². The number of amidine groups is 1. The fraction of sp³-hybridized carbons (Fsp3) is 0.424. The molecule has 6 N–H and O–H groups in total. The van der Waals surface area contributed by atoms with Crippen molar-refractivity contribution in [1.29, 1.82) is 5.41 Å². The Balaban J connectivity index is 1.39. The molecule has 47 heavy (non-hydrogen) atoms. The van der Waals surface area contributed by atoms with Gasteiger partial charge in [0.05, 0.1) is 17.2 Å². The summed E-state index contributed by atoms with van der Waals surface area (Å²) in [4.78, 5) is 20.0. The number of aromatic amines is 1. The first-order chi connectivity index (χ1) is 22.4. The Morgan fingerprint density at radius 1 is 1.21 bits per heavy atom. The number of H-pyrrole nitrogens is 1. The van der Waals surface area contributed by atoms with Crippen molar-refractivity contribution in [2.75, 3.05) is 13.2 Å². The summed E-state index contributed by atoms with van der Waals surface area (Å²) in [6.45, 7) is 1.72. The minimum Gasteiger partial charge on any atom is -0.403 e. The van der Waals surface area contributed by atoms with E-state index in [0.29, 0.717) is 41.4 Å². The third kappa shape index (κ3) is 8.74. The highest BCUT2D eigenvalue weighted by Crippen LogP contribution is 2.35. The minimum absolute atomic E-state index is 0.107. The number of fused-ring (bicyclic) bond motifs is 1. The molecule has 1 fully saturated rings. The second-order valence-electron chi connectivity index (χ2n) is 12.0. The molecule has 9 nitrogen and oxygen atoms in total. The molecule has 2 aromatic heterocycles. The monoisotopic (exact) mass is 659 g/mol. The molecule has 0 radical (unpaired) electrons. The Morgan fingerprint density at radius 2 is 1.98 bits per heavy atom. The Hall–Kier alpha value is -4.30. The summed E-state index contributed by atoms with van der Waals surface area (Å²) in [7, 11) is 0. The van der Waals surface area contributed by atoms with Crippen LogP contribution in [0.3, 0.4) is 0 Å². The predicted molar refractivity (Wildman–Crippen MR) is 170 cm³/mol. The van der Waals surface area contributed by atoms with Crippen LogP contribution in [0.5, 0.6) is 5.75 Å². The Bertz CT molecular complexity index is 1750. The van der Waals surface area contributed by atoms with Crippen LogP contribution in [0.2, 0.25) is 0 Å². The fourth-order valence-electron chi connectivity index (χ4n) is 5.98. The van der Waals surface area contributed by atoms with Crippen molar-refractivity contribution in [2.24, 2.45) is 5.73 Å². The topological polar surface area (TPSA) is 134 Å². The van der Waals surface area contributed by atoms with Gasteiger partial charge in [-0.1, -0.05) is 18.6 Å². The summed E-state index contributed by atoms with van der Waals surface area (Å²) in [6.07, 6.45) is 1.32. The van der Waals surface area contributed by atoms with Gasteiger partial charge in [-0.2, -0.15) is 4.98 Å². The maximum Gasteiger partial charge on any atom is 0.573 e. The highest BCUT2D eigenvalue weighted by Gasteiger charge is 2.33. The van der Waals surface area contributed by atoms with Gasteiger partial charge in [-0.3, -0.25) is 9.98 Å². The number of aromatic nitrogens is 3. The largest absolute Gasteiger partial charge is 0.573 e. The van der Waals surface area contributed by atoms with Gasteiger partial charge >= 0.3 is 12.1 Å². The number of rotatable bonds is 12. The van der Waals surface area contributed by atoms with E-state index < -0.39 is 36.3 Å². The van der Waals surface area contributed by atoms with E-state index in [1.54, 1.807) is 13.1 Å². The quantitative estimate of drug-likeness (QED) is 0.0699. The van der Waals surface area contributed by atoms with Gasteiger partial charge in [0.2, 0.25) is 0 Å². The molecule has 0 saturated carbocycles. The predicted octanol–water partition coefficient (Wildman–Crippen LogP) is 6.20. The van der Waals surface area contributed by atoms with Crippen LogP contribution in [0.4, 0.5) is 22.0 Å². The Morgan fingerprint density at radius 3 is 2.68 bits per heavy atom. The molecule has 0 bridgehead atoms. The molecule has 3 heterocycles. The number of halogens is 5. The standard InChI is InChI=1S/C33H38F5N7O2/c1-19(39)41-13-12-24-6-3-7-27(42-24)21-8-10-25(11-9-21)45-18-22-16-28(43-31(22)44-32(45)46)26-14-20(4-2-5-23(40)17-34)15-29(30(26)35)47-33(36,37)38/h8-11,14-16,18,23-24,27,42H,2-7,12-13,17,40H2,1H3,(H2,39,41)(H,43,44,46)/t23-,24+,27+/m1/s1. The van der Waals surface area contributed by atoms with E-state index in [1.807, 2.05) is 24.3 Å². The van der Waals surface area contributed by atoms with E-state index in [-0.39, 0.29) is 29.4 Å². The van der Waals surface area contributed by atoms with Crippen molar-refractivity contribution in [2.45, 2.75) is 76.4 Å². The van der Waals surface area contributed by atoms with Crippen LogP contribution in [0.1, 0.15) is 62.6 Å². The lowest BCUT2D eigenvalue weighted by Crippen LogP contribution is -2.39. The summed E-state index contributed by atoms with van der Waals surface area (Å²) in [5.41, 5.74) is 7.06. The summed E-state index contributed by atoms with van der Waals surface area (Å²) >= 11 is 0. The van der Waals surface area contributed by atoms with E-state index in [1.165, 1.54) is 16.7 Å². The van der Waals surface area contributed by atoms with Gasteiger partial charge in [0, 0.05) is 41.8 Å². The zero-order valence-corrected chi connectivity index (χ0v) is 25.9. The zero-order chi connectivity index (χ0) is 33.7. The number of alkyl halides is 4. The summed E-state index contributed by atoms with van der Waals surface area (Å²) in [5.74, 6) is -1.78. The first kappa shape index (κ1) is 34.0. The fourth-order valence-corrected chi connectivity index (χ4v) is 5.98. The van der Waals surface area contributed by atoms with E-state index in [0.717, 1.165) is 43.9 Å². The number of nitrogens with zero attached hydrogens (tertiary/aromatic N) is 2. The smallest absolute Gasteiger partial charge is 0.403 e. The van der Waals surface area contributed by atoms with E-state index in [9.17, 15) is 22.4 Å². The highest BCUT2D eigenvalue weighted by atomic mass is 19.4. The average Bonchev–Trinajstić information content (AvgIpc) is 3.44. The average molecular weight is 660 g/mol. The molecule has 0 spiro atoms. The van der Waals surface area contributed by atoms with Crippen LogP contribution in [-0.2, 0) is 6.42 Å². The lowest BCUT2D eigenvalue weighted by atomic mass is 9.92. The SMILES string of the molecule is CC(=N)NCC[C@@H]1CCC[C@@H](c2ccc(-n3cc4cc(-c5cc(CCC[C@@H](N)CF)cc(OC(F)(F)F)c5F)[nH]c4nc3=O)cc2)N1. The zero-order valence-electron chi connectivity index (χ0n) is 25.9. The first-order valence-corrected chi connectivity index (χ1v) is 15.6. The lowest BCUT2D eigenvalue weighted by molar-refractivity contribution is -0.275. The number of hydrogen-bond donors (Lipinski definition) is 5. The van der Waals surface area contributed by atoms with Gasteiger partial charge in [-0.25, -0.2) is 13.6 Å². The van der Waals surface area contributed by atoms with E-state index in [4.69, 9.17) is 11.1 Å². The number of aryl methyl sites for hydroxylation is 1. The normalized spacial score (nSPS) is 17.5. The molecule has 0 unspecified atom stereocenters. The molecule has 5 rings (SSSR count). The number of nitrogens with one attached hydrogen (secondary N) is 4. The maximum absolute atomic E-state index is 15.4. The summed E-state index contributed by atoms with van der Waals surface area (Å²) in [6, 6.07) is 11.2. The molecule has 0 aliphatic carbocycles. The van der Waals surface area contributed by atoms with Gasteiger partial charge in [-0.05, 0) is 86.9 Å². The number of piperidine rings is 1. The van der Waals surface area contributed by atoms with Crippen LogP contribution in [0, 0.1) is 11.2 Å². The van der Waals surface area contributed by atoms with Crippen molar-refractivity contribution in [3.05, 3.63) is 76.1 Å². The molecule has 252 valence electrons. The number of hydrogen-bond acceptors (Lipinski definition) is 6. The third-order valence-electron chi connectivity index (χ3n) is 8.30.